The molecule has 3 aromatic heterocycles. The summed E-state index contributed by atoms with van der Waals surface area (Å²) in [4.78, 5) is 8.99. The van der Waals surface area contributed by atoms with Crippen LogP contribution in [-0.2, 0) is 4.74 Å². The smallest absolute Gasteiger partial charge is 0.241 e. The second-order valence-corrected chi connectivity index (χ2v) is 8.94. The van der Waals surface area contributed by atoms with Crippen molar-refractivity contribution in [3.63, 3.8) is 0 Å². The molecule has 3 heterocycles. The van der Waals surface area contributed by atoms with E-state index >= 15 is 0 Å². The number of fused-ring (bicyclic) bond motifs is 2. The lowest BCUT2D eigenvalue weighted by molar-refractivity contribution is 0.0681. The van der Waals surface area contributed by atoms with E-state index in [4.69, 9.17) is 4.74 Å². The Morgan fingerprint density at radius 3 is 2.66 bits per heavy atom. The Kier molecular flexibility index (Phi) is 5.33. The standard InChI is InChI=1S/C24H29FN6O/c1-14(2)31-15(3)27-23-20(25)11-16(12-21(23)31)19-9-10-30-22(19)13-26-24(29-30)28-17-5-7-18(32-4)8-6-17/h9-14,17-18H,5-8H2,1-4H3,(H,28,29). The van der Waals surface area contributed by atoms with Gasteiger partial charge in [-0.3, -0.25) is 0 Å². The Hall–Kier alpha value is -3.00. The number of nitrogens with zero attached hydrogens (tertiary/aromatic N) is 5. The Morgan fingerprint density at radius 2 is 1.94 bits per heavy atom. The van der Waals surface area contributed by atoms with Gasteiger partial charge in [-0.15, -0.1) is 5.10 Å². The van der Waals surface area contributed by atoms with Crippen LogP contribution in [0.1, 0.15) is 51.4 Å². The lowest BCUT2D eigenvalue weighted by Gasteiger charge is -2.28. The number of benzene rings is 1. The van der Waals surface area contributed by atoms with Gasteiger partial charge in [0, 0.05) is 31.0 Å². The topological polar surface area (TPSA) is 69.3 Å². The summed E-state index contributed by atoms with van der Waals surface area (Å²) in [5.41, 5.74) is 3.74. The Bertz CT molecular complexity index is 1270. The van der Waals surface area contributed by atoms with E-state index in [0.717, 1.165) is 53.7 Å². The van der Waals surface area contributed by atoms with Crippen LogP contribution in [0.4, 0.5) is 10.3 Å². The maximum Gasteiger partial charge on any atom is 0.241 e. The molecule has 1 fully saturated rings. The van der Waals surface area contributed by atoms with E-state index in [1.54, 1.807) is 23.9 Å². The lowest BCUT2D eigenvalue weighted by atomic mass is 9.93. The van der Waals surface area contributed by atoms with Crippen LogP contribution in [0.25, 0.3) is 27.7 Å². The first-order valence-corrected chi connectivity index (χ1v) is 11.3. The van der Waals surface area contributed by atoms with E-state index in [-0.39, 0.29) is 11.9 Å². The molecule has 4 aromatic rings. The molecular weight excluding hydrogens is 407 g/mol. The first-order valence-electron chi connectivity index (χ1n) is 11.3. The third-order valence-electron chi connectivity index (χ3n) is 6.51. The molecule has 7 nitrogen and oxygen atoms in total. The molecule has 0 atom stereocenters. The van der Waals surface area contributed by atoms with Gasteiger partial charge in [-0.05, 0) is 70.2 Å². The highest BCUT2D eigenvalue weighted by atomic mass is 19.1. The van der Waals surface area contributed by atoms with Crippen LogP contribution in [0, 0.1) is 12.7 Å². The van der Waals surface area contributed by atoms with Crippen molar-refractivity contribution in [2.24, 2.45) is 0 Å². The number of aromatic nitrogens is 5. The zero-order valence-corrected chi connectivity index (χ0v) is 19.0. The minimum absolute atomic E-state index is 0.191. The van der Waals surface area contributed by atoms with Crippen molar-refractivity contribution in [3.05, 3.63) is 42.2 Å². The molecule has 8 heteroatoms. The van der Waals surface area contributed by atoms with Gasteiger partial charge in [-0.1, -0.05) is 0 Å². The fraction of sp³-hybridized carbons (Fsp3) is 0.458. The number of imidazole rings is 1. The summed E-state index contributed by atoms with van der Waals surface area (Å²) < 4.78 is 24.3. The van der Waals surface area contributed by atoms with Crippen LogP contribution < -0.4 is 5.32 Å². The van der Waals surface area contributed by atoms with E-state index in [9.17, 15) is 4.39 Å². The van der Waals surface area contributed by atoms with Crippen molar-refractivity contribution >= 4 is 22.5 Å². The van der Waals surface area contributed by atoms with E-state index < -0.39 is 0 Å². The molecule has 0 radical (unpaired) electrons. The minimum Gasteiger partial charge on any atom is -0.381 e. The summed E-state index contributed by atoms with van der Waals surface area (Å²) in [6.07, 6.45) is 8.23. The van der Waals surface area contributed by atoms with Gasteiger partial charge < -0.3 is 14.6 Å². The second kappa shape index (κ2) is 8.16. The SMILES string of the molecule is COC1CCC(Nc2ncc3c(-c4cc(F)c5nc(C)n(C(C)C)c5c4)ccn3n2)CC1. The van der Waals surface area contributed by atoms with Crippen molar-refractivity contribution in [3.8, 4) is 11.1 Å². The van der Waals surface area contributed by atoms with E-state index in [1.165, 1.54) is 0 Å². The van der Waals surface area contributed by atoms with Crippen molar-refractivity contribution < 1.29 is 9.13 Å². The maximum atomic E-state index is 14.9. The molecule has 32 heavy (non-hydrogen) atoms. The normalized spacial score (nSPS) is 19.3. The first kappa shape index (κ1) is 20.9. The van der Waals surface area contributed by atoms with Crippen LogP contribution in [0.15, 0.2) is 30.6 Å². The molecule has 1 aromatic carbocycles. The van der Waals surface area contributed by atoms with Crippen molar-refractivity contribution in [2.45, 2.75) is 64.6 Å². The molecule has 1 aliphatic rings. The molecule has 1 aliphatic carbocycles. The monoisotopic (exact) mass is 436 g/mol. The molecule has 1 saturated carbocycles. The summed E-state index contributed by atoms with van der Waals surface area (Å²) in [5.74, 6) is 1.10. The second-order valence-electron chi connectivity index (χ2n) is 8.94. The third kappa shape index (κ3) is 3.62. The number of methoxy groups -OCH3 is 1. The van der Waals surface area contributed by atoms with Gasteiger partial charge in [-0.25, -0.2) is 18.9 Å². The van der Waals surface area contributed by atoms with E-state index in [1.807, 2.05) is 25.3 Å². The van der Waals surface area contributed by atoms with Gasteiger partial charge in [0.05, 0.1) is 23.3 Å². The predicted octanol–water partition coefficient (Wildman–Crippen LogP) is 5.14. The molecule has 5 rings (SSSR count). The summed E-state index contributed by atoms with van der Waals surface area (Å²) in [6.45, 7) is 6.07. The highest BCUT2D eigenvalue weighted by Gasteiger charge is 2.22. The number of anilines is 1. The predicted molar refractivity (Wildman–Crippen MR) is 123 cm³/mol. The highest BCUT2D eigenvalue weighted by Crippen LogP contribution is 2.32. The summed E-state index contributed by atoms with van der Waals surface area (Å²) >= 11 is 0. The van der Waals surface area contributed by atoms with Crippen LogP contribution >= 0.6 is 0 Å². The number of hydrogen-bond acceptors (Lipinski definition) is 5. The number of ether oxygens (including phenoxy) is 1. The molecule has 0 amide bonds. The molecule has 0 aliphatic heterocycles. The fourth-order valence-corrected chi connectivity index (χ4v) is 4.91. The van der Waals surface area contributed by atoms with Gasteiger partial charge in [0.15, 0.2) is 5.82 Å². The molecular formula is C24H29FN6O. The first-order chi connectivity index (χ1) is 15.4. The molecule has 0 bridgehead atoms. The summed E-state index contributed by atoms with van der Waals surface area (Å²) in [5, 5.41) is 8.09. The number of rotatable bonds is 5. The number of nitrogens with one attached hydrogen (secondary N) is 1. The largest absolute Gasteiger partial charge is 0.381 e. The molecule has 0 spiro atoms. The van der Waals surface area contributed by atoms with Gasteiger partial charge in [-0.2, -0.15) is 0 Å². The summed E-state index contributed by atoms with van der Waals surface area (Å²) in [6, 6.07) is 6.06. The van der Waals surface area contributed by atoms with Crippen LogP contribution in [0.3, 0.4) is 0 Å². The molecule has 0 unspecified atom stereocenters. The minimum atomic E-state index is -0.315. The quantitative estimate of drug-likeness (QED) is 0.469. The number of halogens is 1. The highest BCUT2D eigenvalue weighted by molar-refractivity contribution is 5.88. The fourth-order valence-electron chi connectivity index (χ4n) is 4.91. The van der Waals surface area contributed by atoms with Crippen molar-refractivity contribution in [2.75, 3.05) is 12.4 Å². The van der Waals surface area contributed by atoms with E-state index in [0.29, 0.717) is 23.6 Å². The third-order valence-corrected chi connectivity index (χ3v) is 6.51. The zero-order chi connectivity index (χ0) is 22.4. The van der Waals surface area contributed by atoms with Gasteiger partial charge in [0.2, 0.25) is 5.95 Å². The lowest BCUT2D eigenvalue weighted by Crippen LogP contribution is -2.30. The zero-order valence-electron chi connectivity index (χ0n) is 19.0. The summed E-state index contributed by atoms with van der Waals surface area (Å²) in [7, 11) is 1.78. The van der Waals surface area contributed by atoms with Gasteiger partial charge >= 0.3 is 0 Å². The van der Waals surface area contributed by atoms with Crippen LogP contribution in [-0.4, -0.2) is 43.4 Å². The average Bonchev–Trinajstić information content (AvgIpc) is 3.34. The Morgan fingerprint density at radius 1 is 1.16 bits per heavy atom. The Balaban J connectivity index is 1.46. The van der Waals surface area contributed by atoms with Gasteiger partial charge in [0.1, 0.15) is 11.3 Å². The number of aryl methyl sites for hydroxylation is 1. The van der Waals surface area contributed by atoms with Crippen LogP contribution in [0.5, 0.6) is 0 Å². The van der Waals surface area contributed by atoms with Crippen LogP contribution in [0.2, 0.25) is 0 Å². The molecule has 168 valence electrons. The van der Waals surface area contributed by atoms with Crippen molar-refractivity contribution in [1.82, 2.24) is 24.1 Å². The average molecular weight is 437 g/mol. The van der Waals surface area contributed by atoms with E-state index in [2.05, 4.69) is 38.8 Å². The van der Waals surface area contributed by atoms with Crippen molar-refractivity contribution in [1.29, 1.82) is 0 Å². The maximum absolute atomic E-state index is 14.9. The van der Waals surface area contributed by atoms with Gasteiger partial charge in [0.25, 0.3) is 0 Å². The molecule has 0 saturated heterocycles. The molecule has 1 N–H and O–H groups in total. The Labute approximate surface area is 186 Å². The number of hydrogen-bond donors (Lipinski definition) is 1.